The predicted octanol–water partition coefficient (Wildman–Crippen LogP) is 5.90. The van der Waals surface area contributed by atoms with E-state index in [1.807, 2.05) is 0 Å². The fourth-order valence-electron chi connectivity index (χ4n) is 4.24. The second-order valence-corrected chi connectivity index (χ2v) is 10.4. The summed E-state index contributed by atoms with van der Waals surface area (Å²) in [5, 5.41) is 7.97. The SMILES string of the molecule is O=C(O)c1ccc(CN2C(=O)SC(Cc3coc4cc(OCc5ccc(C(F)(F)F)cc5)ccc4c3=O)C2=O)cc1. The van der Waals surface area contributed by atoms with Crippen molar-refractivity contribution in [3.05, 3.63) is 111 Å². The minimum atomic E-state index is -4.43. The highest BCUT2D eigenvalue weighted by Crippen LogP contribution is 2.32. The van der Waals surface area contributed by atoms with Gasteiger partial charge in [-0.3, -0.25) is 19.3 Å². The van der Waals surface area contributed by atoms with Crippen LogP contribution in [0.1, 0.15) is 32.6 Å². The lowest BCUT2D eigenvalue weighted by atomic mass is 10.1. The zero-order valence-electron chi connectivity index (χ0n) is 21.0. The standard InChI is InChI=1S/C29H20F3NO7S/c30-29(31,32)20-7-3-17(4-8-20)14-39-21-9-10-22-23(12-21)40-15-19(25(22)34)11-24-26(35)33(28(38)41-24)13-16-1-5-18(6-2-16)27(36)37/h1-10,12,15,24H,11,13-14H2,(H,36,37). The number of alkyl halides is 3. The number of carbonyl (C=O) groups is 3. The highest BCUT2D eigenvalue weighted by Gasteiger charge is 2.40. The van der Waals surface area contributed by atoms with E-state index in [-0.39, 0.29) is 47.1 Å². The summed E-state index contributed by atoms with van der Waals surface area (Å²) in [5.41, 5.74) is 0.490. The van der Waals surface area contributed by atoms with E-state index in [0.717, 1.165) is 28.8 Å². The number of hydrogen-bond acceptors (Lipinski definition) is 7. The maximum atomic E-state index is 13.1. The highest BCUT2D eigenvalue weighted by atomic mass is 32.2. The number of carbonyl (C=O) groups excluding carboxylic acids is 2. The highest BCUT2D eigenvalue weighted by molar-refractivity contribution is 8.15. The molecule has 5 rings (SSSR count). The molecule has 0 saturated carbocycles. The lowest BCUT2D eigenvalue weighted by Gasteiger charge is -2.14. The van der Waals surface area contributed by atoms with E-state index in [1.165, 1.54) is 60.9 Å². The van der Waals surface area contributed by atoms with Crippen LogP contribution in [-0.2, 0) is 30.5 Å². The Hall–Kier alpha value is -4.58. The Morgan fingerprint density at radius 1 is 0.976 bits per heavy atom. The number of carboxylic acid groups (broad SMARTS) is 1. The van der Waals surface area contributed by atoms with Crippen molar-refractivity contribution in [3.8, 4) is 5.75 Å². The number of amides is 2. The Kier molecular flexibility index (Phi) is 7.59. The average molecular weight is 584 g/mol. The number of ether oxygens (including phenoxy) is 1. The summed E-state index contributed by atoms with van der Waals surface area (Å²) in [7, 11) is 0. The number of carboxylic acids is 1. The third kappa shape index (κ3) is 6.12. The molecule has 1 saturated heterocycles. The van der Waals surface area contributed by atoms with Crippen LogP contribution in [-0.4, -0.2) is 32.4 Å². The second kappa shape index (κ2) is 11.1. The summed E-state index contributed by atoms with van der Waals surface area (Å²) in [6, 6.07) is 14.9. The van der Waals surface area contributed by atoms with Gasteiger partial charge in [-0.15, -0.1) is 0 Å². The van der Waals surface area contributed by atoms with Crippen LogP contribution < -0.4 is 10.2 Å². The van der Waals surface area contributed by atoms with Gasteiger partial charge in [0.05, 0.1) is 34.6 Å². The van der Waals surface area contributed by atoms with Gasteiger partial charge < -0.3 is 14.3 Å². The number of nitrogens with zero attached hydrogens (tertiary/aromatic N) is 1. The van der Waals surface area contributed by atoms with Crippen molar-refractivity contribution in [1.82, 2.24) is 4.90 Å². The van der Waals surface area contributed by atoms with Gasteiger partial charge >= 0.3 is 12.1 Å². The third-order valence-electron chi connectivity index (χ3n) is 6.46. The Labute approximate surface area is 234 Å². The van der Waals surface area contributed by atoms with Crippen LogP contribution in [0.5, 0.6) is 5.75 Å². The van der Waals surface area contributed by atoms with Gasteiger partial charge in [-0.1, -0.05) is 36.0 Å². The molecule has 1 fully saturated rings. The van der Waals surface area contributed by atoms with Crippen LogP contribution in [0, 0.1) is 0 Å². The van der Waals surface area contributed by atoms with Gasteiger partial charge in [0.15, 0.2) is 5.43 Å². The van der Waals surface area contributed by atoms with Crippen molar-refractivity contribution in [2.45, 2.75) is 31.0 Å². The maximum Gasteiger partial charge on any atom is 0.416 e. The molecule has 12 heteroatoms. The Balaban J connectivity index is 1.25. The molecule has 4 aromatic rings. The largest absolute Gasteiger partial charge is 0.489 e. The number of rotatable bonds is 8. The quantitative estimate of drug-likeness (QED) is 0.273. The summed E-state index contributed by atoms with van der Waals surface area (Å²) < 4.78 is 49.5. The molecule has 1 N–H and O–H groups in total. The maximum absolute atomic E-state index is 13.1. The number of halogens is 3. The molecule has 0 spiro atoms. The number of fused-ring (bicyclic) bond motifs is 1. The molecule has 1 aromatic heterocycles. The molecule has 1 atom stereocenters. The molecule has 210 valence electrons. The Bertz CT molecular complexity index is 1700. The monoisotopic (exact) mass is 583 g/mol. The van der Waals surface area contributed by atoms with E-state index < -0.39 is 34.1 Å². The smallest absolute Gasteiger partial charge is 0.416 e. The molecule has 3 aromatic carbocycles. The number of imide groups is 1. The summed E-state index contributed by atoms with van der Waals surface area (Å²) in [5.74, 6) is -1.21. The normalized spacial score (nSPS) is 15.5. The molecule has 1 unspecified atom stereocenters. The van der Waals surface area contributed by atoms with E-state index in [0.29, 0.717) is 16.9 Å². The first kappa shape index (κ1) is 28.0. The number of thioether (sulfide) groups is 1. The fraction of sp³-hybridized carbons (Fsp3) is 0.172. The zero-order valence-corrected chi connectivity index (χ0v) is 21.8. The lowest BCUT2D eigenvalue weighted by molar-refractivity contribution is -0.137. The first-order chi connectivity index (χ1) is 19.5. The van der Waals surface area contributed by atoms with Gasteiger partial charge in [0.1, 0.15) is 17.9 Å². The minimum absolute atomic E-state index is 0.00120. The molecular formula is C29H20F3NO7S. The van der Waals surface area contributed by atoms with Crippen LogP contribution in [0.3, 0.4) is 0 Å². The van der Waals surface area contributed by atoms with Crippen molar-refractivity contribution in [2.24, 2.45) is 0 Å². The van der Waals surface area contributed by atoms with Crippen molar-refractivity contribution < 1.29 is 41.8 Å². The van der Waals surface area contributed by atoms with Crippen LogP contribution >= 0.6 is 11.8 Å². The van der Waals surface area contributed by atoms with E-state index in [1.54, 1.807) is 0 Å². The van der Waals surface area contributed by atoms with E-state index >= 15 is 0 Å². The van der Waals surface area contributed by atoms with E-state index in [4.69, 9.17) is 14.3 Å². The van der Waals surface area contributed by atoms with E-state index in [9.17, 15) is 32.3 Å². The van der Waals surface area contributed by atoms with Crippen molar-refractivity contribution in [1.29, 1.82) is 0 Å². The molecule has 2 heterocycles. The van der Waals surface area contributed by atoms with Gasteiger partial charge in [0.2, 0.25) is 5.91 Å². The van der Waals surface area contributed by atoms with Gasteiger partial charge in [0, 0.05) is 18.1 Å². The first-order valence-electron chi connectivity index (χ1n) is 12.2. The first-order valence-corrected chi connectivity index (χ1v) is 13.0. The van der Waals surface area contributed by atoms with Crippen molar-refractivity contribution >= 4 is 39.8 Å². The molecule has 1 aliphatic heterocycles. The van der Waals surface area contributed by atoms with Crippen molar-refractivity contribution in [3.63, 3.8) is 0 Å². The van der Waals surface area contributed by atoms with Gasteiger partial charge in [-0.05, 0) is 47.5 Å². The average Bonchev–Trinajstić information content (AvgIpc) is 3.20. The van der Waals surface area contributed by atoms with Gasteiger partial charge in [-0.25, -0.2) is 4.79 Å². The molecule has 0 radical (unpaired) electrons. The summed E-state index contributed by atoms with van der Waals surface area (Å²) in [6.45, 7) is -0.0240. The van der Waals surface area contributed by atoms with Crippen LogP contribution in [0.2, 0.25) is 0 Å². The molecule has 2 amide bonds. The van der Waals surface area contributed by atoms with Crippen LogP contribution in [0.4, 0.5) is 18.0 Å². The summed E-state index contributed by atoms with van der Waals surface area (Å²) >= 11 is 0.807. The topological polar surface area (TPSA) is 114 Å². The zero-order chi connectivity index (χ0) is 29.3. The lowest BCUT2D eigenvalue weighted by Crippen LogP contribution is -2.32. The number of hydrogen-bond donors (Lipinski definition) is 1. The van der Waals surface area contributed by atoms with Crippen LogP contribution in [0.15, 0.2) is 82.2 Å². The van der Waals surface area contributed by atoms with Gasteiger partial charge in [0.25, 0.3) is 5.24 Å². The summed E-state index contributed by atoms with van der Waals surface area (Å²) in [6.07, 6.45) is -3.23. The van der Waals surface area contributed by atoms with Crippen molar-refractivity contribution in [2.75, 3.05) is 0 Å². The molecule has 8 nitrogen and oxygen atoms in total. The second-order valence-electron chi connectivity index (χ2n) is 9.23. The molecule has 0 aliphatic carbocycles. The molecule has 41 heavy (non-hydrogen) atoms. The molecule has 1 aliphatic rings. The Morgan fingerprint density at radius 3 is 2.32 bits per heavy atom. The van der Waals surface area contributed by atoms with E-state index in [2.05, 4.69) is 0 Å². The van der Waals surface area contributed by atoms with Gasteiger partial charge in [-0.2, -0.15) is 13.2 Å². The van der Waals surface area contributed by atoms with Crippen LogP contribution in [0.25, 0.3) is 11.0 Å². The minimum Gasteiger partial charge on any atom is -0.489 e. The Morgan fingerprint density at radius 2 is 1.66 bits per heavy atom. The molecule has 0 bridgehead atoms. The number of benzene rings is 3. The predicted molar refractivity (Wildman–Crippen MR) is 143 cm³/mol. The summed E-state index contributed by atoms with van der Waals surface area (Å²) in [4.78, 5) is 50.7. The molecular weight excluding hydrogens is 563 g/mol. The fourth-order valence-corrected chi connectivity index (χ4v) is 5.26. The number of aromatic carboxylic acids is 1. The third-order valence-corrected chi connectivity index (χ3v) is 7.53.